The molecule has 0 bridgehead atoms. The SMILES string of the molecule is CCCC[C@@H](NC)C(=O)O. The Labute approximate surface area is 61.4 Å². The summed E-state index contributed by atoms with van der Waals surface area (Å²) in [6, 6.07) is -0.361. The minimum atomic E-state index is -0.754. The maximum absolute atomic E-state index is 10.4. The van der Waals surface area contributed by atoms with E-state index >= 15 is 0 Å². The minimum Gasteiger partial charge on any atom is -0.480 e. The van der Waals surface area contributed by atoms with E-state index in [0.717, 1.165) is 19.3 Å². The highest BCUT2D eigenvalue weighted by Crippen LogP contribution is 1.99. The van der Waals surface area contributed by atoms with E-state index in [2.05, 4.69) is 12.2 Å². The fourth-order valence-corrected chi connectivity index (χ4v) is 0.800. The van der Waals surface area contributed by atoms with Gasteiger partial charge in [0.05, 0.1) is 0 Å². The molecule has 0 amide bonds. The van der Waals surface area contributed by atoms with Gasteiger partial charge in [0.2, 0.25) is 0 Å². The monoisotopic (exact) mass is 145 g/mol. The van der Waals surface area contributed by atoms with E-state index in [-0.39, 0.29) is 6.04 Å². The molecule has 0 aliphatic rings. The number of unbranched alkanes of at least 4 members (excludes halogenated alkanes) is 1. The van der Waals surface area contributed by atoms with Crippen molar-refractivity contribution in [3.63, 3.8) is 0 Å². The van der Waals surface area contributed by atoms with Crippen molar-refractivity contribution in [2.45, 2.75) is 32.2 Å². The molecule has 60 valence electrons. The summed E-state index contributed by atoms with van der Waals surface area (Å²) in [5.74, 6) is -0.754. The third kappa shape index (κ3) is 3.45. The molecule has 0 aromatic rings. The summed E-state index contributed by atoms with van der Waals surface area (Å²) in [6.07, 6.45) is 2.74. The third-order valence-electron chi connectivity index (χ3n) is 1.49. The van der Waals surface area contributed by atoms with E-state index in [1.54, 1.807) is 7.05 Å². The van der Waals surface area contributed by atoms with Crippen LogP contribution in [-0.2, 0) is 4.79 Å². The molecule has 1 atom stereocenters. The number of aliphatic carboxylic acids is 1. The number of carboxylic acid groups (broad SMARTS) is 1. The van der Waals surface area contributed by atoms with E-state index in [0.29, 0.717) is 0 Å². The summed E-state index contributed by atoms with van der Waals surface area (Å²) in [6.45, 7) is 2.05. The lowest BCUT2D eigenvalue weighted by atomic mass is 10.1. The van der Waals surface area contributed by atoms with Crippen LogP contribution in [0.2, 0.25) is 0 Å². The summed E-state index contributed by atoms with van der Waals surface area (Å²) in [4.78, 5) is 10.4. The van der Waals surface area contributed by atoms with Crippen LogP contribution in [0.4, 0.5) is 0 Å². The predicted octanol–water partition coefficient (Wildman–Crippen LogP) is 0.849. The van der Waals surface area contributed by atoms with Gasteiger partial charge < -0.3 is 10.4 Å². The molecule has 0 unspecified atom stereocenters. The lowest BCUT2D eigenvalue weighted by Gasteiger charge is -2.08. The largest absolute Gasteiger partial charge is 0.480 e. The molecule has 2 N–H and O–H groups in total. The standard InChI is InChI=1S/C7H15NO2/c1-3-4-5-6(8-2)7(9)10/h6,8H,3-5H2,1-2H3,(H,9,10)/t6-/m1/s1. The van der Waals surface area contributed by atoms with Gasteiger partial charge in [0.1, 0.15) is 6.04 Å². The van der Waals surface area contributed by atoms with Crippen LogP contribution >= 0.6 is 0 Å². The van der Waals surface area contributed by atoms with Crippen molar-refractivity contribution in [1.29, 1.82) is 0 Å². The van der Waals surface area contributed by atoms with Gasteiger partial charge in [-0.15, -0.1) is 0 Å². The highest BCUT2D eigenvalue weighted by Gasteiger charge is 2.12. The minimum absolute atomic E-state index is 0.361. The van der Waals surface area contributed by atoms with E-state index in [1.807, 2.05) is 0 Å². The van der Waals surface area contributed by atoms with Gasteiger partial charge in [-0.2, -0.15) is 0 Å². The first kappa shape index (κ1) is 9.43. The van der Waals surface area contributed by atoms with Crippen molar-refractivity contribution in [1.82, 2.24) is 5.32 Å². The second kappa shape index (κ2) is 5.23. The van der Waals surface area contributed by atoms with Crippen molar-refractivity contribution in [3.8, 4) is 0 Å². The molecule has 10 heavy (non-hydrogen) atoms. The summed E-state index contributed by atoms with van der Waals surface area (Å²) in [7, 11) is 1.68. The van der Waals surface area contributed by atoms with Gasteiger partial charge in [0.15, 0.2) is 0 Å². The lowest BCUT2D eigenvalue weighted by Crippen LogP contribution is -2.33. The fourth-order valence-electron chi connectivity index (χ4n) is 0.800. The van der Waals surface area contributed by atoms with E-state index < -0.39 is 5.97 Å². The van der Waals surface area contributed by atoms with E-state index in [9.17, 15) is 4.79 Å². The van der Waals surface area contributed by atoms with Gasteiger partial charge >= 0.3 is 5.97 Å². The number of likely N-dealkylation sites (N-methyl/N-ethyl adjacent to an activating group) is 1. The molecule has 0 spiro atoms. The number of hydrogen-bond acceptors (Lipinski definition) is 2. The Morgan fingerprint density at radius 1 is 1.70 bits per heavy atom. The predicted molar refractivity (Wildman–Crippen MR) is 40.0 cm³/mol. The molecule has 0 saturated heterocycles. The Kier molecular flexibility index (Phi) is 4.94. The highest BCUT2D eigenvalue weighted by molar-refractivity contribution is 5.73. The number of nitrogens with one attached hydrogen (secondary N) is 1. The molecule has 0 rings (SSSR count). The lowest BCUT2D eigenvalue weighted by molar-refractivity contribution is -0.139. The topological polar surface area (TPSA) is 49.3 Å². The number of rotatable bonds is 5. The Bertz CT molecular complexity index is 104. The van der Waals surface area contributed by atoms with Crippen LogP contribution in [0.1, 0.15) is 26.2 Å². The molecule has 0 saturated carbocycles. The molecule has 0 heterocycles. The summed E-state index contributed by atoms with van der Waals surface area (Å²) in [5, 5.41) is 11.3. The summed E-state index contributed by atoms with van der Waals surface area (Å²) >= 11 is 0. The van der Waals surface area contributed by atoms with Crippen LogP contribution in [0.25, 0.3) is 0 Å². The highest BCUT2D eigenvalue weighted by atomic mass is 16.4. The molecule has 0 aromatic carbocycles. The smallest absolute Gasteiger partial charge is 0.320 e. The van der Waals surface area contributed by atoms with Crippen molar-refractivity contribution < 1.29 is 9.90 Å². The molecule has 0 fully saturated rings. The first-order valence-electron chi connectivity index (χ1n) is 3.62. The van der Waals surface area contributed by atoms with Crippen molar-refractivity contribution >= 4 is 5.97 Å². The van der Waals surface area contributed by atoms with Crippen molar-refractivity contribution in [3.05, 3.63) is 0 Å². The summed E-state index contributed by atoms with van der Waals surface area (Å²) in [5.41, 5.74) is 0. The molecule has 0 aliphatic heterocycles. The van der Waals surface area contributed by atoms with Crippen LogP contribution < -0.4 is 5.32 Å². The fraction of sp³-hybridized carbons (Fsp3) is 0.857. The Hall–Kier alpha value is -0.570. The van der Waals surface area contributed by atoms with Gasteiger partial charge in [-0.25, -0.2) is 0 Å². The Morgan fingerprint density at radius 2 is 2.30 bits per heavy atom. The molecule has 3 nitrogen and oxygen atoms in total. The van der Waals surface area contributed by atoms with Gasteiger partial charge in [-0.1, -0.05) is 19.8 Å². The van der Waals surface area contributed by atoms with Crippen LogP contribution in [0.5, 0.6) is 0 Å². The van der Waals surface area contributed by atoms with Crippen LogP contribution in [0, 0.1) is 0 Å². The number of carbonyl (C=O) groups is 1. The molecular weight excluding hydrogens is 130 g/mol. The zero-order valence-electron chi connectivity index (χ0n) is 6.55. The van der Waals surface area contributed by atoms with Gasteiger partial charge in [0, 0.05) is 0 Å². The molecule has 0 aliphatic carbocycles. The zero-order valence-corrected chi connectivity index (χ0v) is 6.55. The van der Waals surface area contributed by atoms with Crippen LogP contribution in [0.15, 0.2) is 0 Å². The first-order chi connectivity index (χ1) is 4.72. The Morgan fingerprint density at radius 3 is 2.60 bits per heavy atom. The van der Waals surface area contributed by atoms with Gasteiger partial charge in [-0.3, -0.25) is 4.79 Å². The quantitative estimate of drug-likeness (QED) is 0.603. The normalized spacial score (nSPS) is 13.0. The van der Waals surface area contributed by atoms with E-state index in [1.165, 1.54) is 0 Å². The Balaban J connectivity index is 3.50. The molecular formula is C7H15NO2. The average Bonchev–Trinajstić information content (AvgIpc) is 1.89. The second-order valence-electron chi connectivity index (χ2n) is 2.32. The molecule has 3 heteroatoms. The average molecular weight is 145 g/mol. The third-order valence-corrected chi connectivity index (χ3v) is 1.49. The zero-order chi connectivity index (χ0) is 7.98. The molecule has 0 radical (unpaired) electrons. The molecule has 0 aromatic heterocycles. The summed E-state index contributed by atoms with van der Waals surface area (Å²) < 4.78 is 0. The van der Waals surface area contributed by atoms with Crippen LogP contribution in [-0.4, -0.2) is 24.2 Å². The maximum Gasteiger partial charge on any atom is 0.320 e. The second-order valence-corrected chi connectivity index (χ2v) is 2.32. The maximum atomic E-state index is 10.4. The van der Waals surface area contributed by atoms with Crippen LogP contribution in [0.3, 0.4) is 0 Å². The van der Waals surface area contributed by atoms with Crippen molar-refractivity contribution in [2.75, 3.05) is 7.05 Å². The first-order valence-corrected chi connectivity index (χ1v) is 3.62. The van der Waals surface area contributed by atoms with Gasteiger partial charge in [-0.05, 0) is 13.5 Å². The van der Waals surface area contributed by atoms with E-state index in [4.69, 9.17) is 5.11 Å². The van der Waals surface area contributed by atoms with Gasteiger partial charge in [0.25, 0.3) is 0 Å². The number of hydrogen-bond donors (Lipinski definition) is 2. The van der Waals surface area contributed by atoms with Crippen molar-refractivity contribution in [2.24, 2.45) is 0 Å². The number of carboxylic acids is 1.